The molecule has 1 aromatic rings. The van der Waals surface area contributed by atoms with Crippen molar-refractivity contribution >= 4 is 11.6 Å². The SMILES string of the molecule is CN(CCN1CCCC1=O)c1ccc(C#N)cc1F. The maximum absolute atomic E-state index is 13.8. The molecule has 0 spiro atoms. The van der Waals surface area contributed by atoms with Gasteiger partial charge in [-0.05, 0) is 24.6 Å². The van der Waals surface area contributed by atoms with E-state index in [9.17, 15) is 9.18 Å². The number of anilines is 1. The summed E-state index contributed by atoms with van der Waals surface area (Å²) in [4.78, 5) is 15.0. The predicted octanol–water partition coefficient (Wildman–Crippen LogP) is 1.76. The lowest BCUT2D eigenvalue weighted by atomic mass is 10.2. The number of hydrogen-bond donors (Lipinski definition) is 0. The topological polar surface area (TPSA) is 47.3 Å². The summed E-state index contributed by atoms with van der Waals surface area (Å²) < 4.78 is 13.8. The van der Waals surface area contributed by atoms with Crippen LogP contribution in [0.2, 0.25) is 0 Å². The minimum absolute atomic E-state index is 0.175. The minimum Gasteiger partial charge on any atom is -0.370 e. The number of amides is 1. The van der Waals surface area contributed by atoms with Gasteiger partial charge >= 0.3 is 0 Å². The highest BCUT2D eigenvalue weighted by Crippen LogP contribution is 2.19. The fraction of sp³-hybridized carbons (Fsp3) is 0.429. The summed E-state index contributed by atoms with van der Waals surface area (Å²) in [7, 11) is 1.78. The van der Waals surface area contributed by atoms with Gasteiger partial charge in [-0.15, -0.1) is 0 Å². The van der Waals surface area contributed by atoms with Crippen LogP contribution in [0.4, 0.5) is 10.1 Å². The van der Waals surface area contributed by atoms with Gasteiger partial charge in [0, 0.05) is 33.1 Å². The molecule has 0 aliphatic carbocycles. The fourth-order valence-corrected chi connectivity index (χ4v) is 2.22. The van der Waals surface area contributed by atoms with Crippen molar-refractivity contribution in [2.24, 2.45) is 0 Å². The Kier molecular flexibility index (Phi) is 4.00. The zero-order valence-electron chi connectivity index (χ0n) is 10.9. The van der Waals surface area contributed by atoms with Gasteiger partial charge < -0.3 is 9.80 Å². The Bertz CT molecular complexity index is 524. The van der Waals surface area contributed by atoms with E-state index in [0.717, 1.165) is 13.0 Å². The van der Waals surface area contributed by atoms with E-state index in [1.807, 2.05) is 6.07 Å². The highest BCUT2D eigenvalue weighted by atomic mass is 19.1. The summed E-state index contributed by atoms with van der Waals surface area (Å²) in [6.45, 7) is 1.98. The van der Waals surface area contributed by atoms with Crippen molar-refractivity contribution in [3.05, 3.63) is 29.6 Å². The third-order valence-electron chi connectivity index (χ3n) is 3.36. The second-order valence-electron chi connectivity index (χ2n) is 4.68. The number of rotatable bonds is 4. The first-order chi connectivity index (χ1) is 9.11. The number of nitriles is 1. The summed E-state index contributed by atoms with van der Waals surface area (Å²) >= 11 is 0. The fourth-order valence-electron chi connectivity index (χ4n) is 2.22. The number of hydrogen-bond acceptors (Lipinski definition) is 3. The molecule has 0 atom stereocenters. The molecule has 19 heavy (non-hydrogen) atoms. The van der Waals surface area contributed by atoms with E-state index in [-0.39, 0.29) is 5.91 Å². The normalized spacial score (nSPS) is 14.6. The van der Waals surface area contributed by atoms with Crippen molar-refractivity contribution < 1.29 is 9.18 Å². The Morgan fingerprint density at radius 3 is 2.89 bits per heavy atom. The number of benzene rings is 1. The maximum atomic E-state index is 13.8. The van der Waals surface area contributed by atoms with E-state index in [4.69, 9.17) is 5.26 Å². The molecule has 2 rings (SSSR count). The van der Waals surface area contributed by atoms with Crippen LogP contribution in [0.15, 0.2) is 18.2 Å². The number of nitrogens with zero attached hydrogens (tertiary/aromatic N) is 3. The molecule has 0 bridgehead atoms. The van der Waals surface area contributed by atoms with Crippen LogP contribution in [-0.4, -0.2) is 37.5 Å². The molecule has 0 aromatic heterocycles. The number of carbonyl (C=O) groups is 1. The minimum atomic E-state index is -0.408. The van der Waals surface area contributed by atoms with Crippen molar-refractivity contribution in [1.82, 2.24) is 4.90 Å². The van der Waals surface area contributed by atoms with Gasteiger partial charge in [0.2, 0.25) is 5.91 Å². The molecule has 0 radical (unpaired) electrons. The van der Waals surface area contributed by atoms with Gasteiger partial charge in [0.25, 0.3) is 0 Å². The quantitative estimate of drug-likeness (QED) is 0.829. The summed E-state index contributed by atoms with van der Waals surface area (Å²) in [5, 5.41) is 8.69. The lowest BCUT2D eigenvalue weighted by molar-refractivity contribution is -0.127. The average molecular weight is 261 g/mol. The average Bonchev–Trinajstić information content (AvgIpc) is 2.81. The number of likely N-dealkylation sites (tertiary alicyclic amines) is 1. The van der Waals surface area contributed by atoms with Gasteiger partial charge in [0.1, 0.15) is 5.82 Å². The van der Waals surface area contributed by atoms with Crippen molar-refractivity contribution in [3.63, 3.8) is 0 Å². The van der Waals surface area contributed by atoms with Crippen molar-refractivity contribution in [2.75, 3.05) is 31.6 Å². The Morgan fingerprint density at radius 2 is 2.32 bits per heavy atom. The molecular weight excluding hydrogens is 245 g/mol. The van der Waals surface area contributed by atoms with Crippen LogP contribution < -0.4 is 4.90 Å². The molecular formula is C14H16FN3O. The van der Waals surface area contributed by atoms with E-state index in [2.05, 4.69) is 0 Å². The standard InChI is InChI=1S/C14H16FN3O/c1-17(7-8-18-6-2-3-14(18)19)13-5-4-11(10-16)9-12(13)15/h4-5,9H,2-3,6-8H2,1H3. The zero-order valence-corrected chi connectivity index (χ0v) is 10.9. The van der Waals surface area contributed by atoms with E-state index in [1.54, 1.807) is 29.0 Å². The molecule has 1 saturated heterocycles. The second kappa shape index (κ2) is 5.70. The van der Waals surface area contributed by atoms with Gasteiger partial charge in [-0.3, -0.25) is 4.79 Å². The lowest BCUT2D eigenvalue weighted by Crippen LogP contribution is -2.34. The molecule has 4 nitrogen and oxygen atoms in total. The van der Waals surface area contributed by atoms with E-state index < -0.39 is 5.82 Å². The Hall–Kier alpha value is -2.09. The summed E-state index contributed by atoms with van der Waals surface area (Å²) in [5.74, 6) is -0.233. The number of carbonyl (C=O) groups excluding carboxylic acids is 1. The van der Waals surface area contributed by atoms with Crippen LogP contribution >= 0.6 is 0 Å². The van der Waals surface area contributed by atoms with E-state index >= 15 is 0 Å². The summed E-state index contributed by atoms with van der Waals surface area (Å²) in [6, 6.07) is 6.32. The highest BCUT2D eigenvalue weighted by Gasteiger charge is 2.20. The van der Waals surface area contributed by atoms with E-state index in [0.29, 0.717) is 30.8 Å². The molecule has 0 N–H and O–H groups in total. The van der Waals surface area contributed by atoms with Gasteiger partial charge in [-0.1, -0.05) is 0 Å². The Labute approximate surface area is 112 Å². The highest BCUT2D eigenvalue weighted by molar-refractivity contribution is 5.78. The van der Waals surface area contributed by atoms with Crippen LogP contribution in [-0.2, 0) is 4.79 Å². The van der Waals surface area contributed by atoms with Crippen LogP contribution in [0.25, 0.3) is 0 Å². The first-order valence-corrected chi connectivity index (χ1v) is 6.30. The first kappa shape index (κ1) is 13.3. The molecule has 0 unspecified atom stereocenters. The van der Waals surface area contributed by atoms with E-state index in [1.165, 1.54) is 6.07 Å². The summed E-state index contributed by atoms with van der Waals surface area (Å²) in [5.41, 5.74) is 0.759. The molecule has 1 amide bonds. The molecule has 1 aromatic carbocycles. The van der Waals surface area contributed by atoms with Gasteiger partial charge in [0.05, 0.1) is 17.3 Å². The second-order valence-corrected chi connectivity index (χ2v) is 4.68. The maximum Gasteiger partial charge on any atom is 0.222 e. The third kappa shape index (κ3) is 3.02. The first-order valence-electron chi connectivity index (χ1n) is 6.30. The molecule has 100 valence electrons. The third-order valence-corrected chi connectivity index (χ3v) is 3.36. The molecule has 1 heterocycles. The Morgan fingerprint density at radius 1 is 1.53 bits per heavy atom. The predicted molar refractivity (Wildman–Crippen MR) is 70.2 cm³/mol. The summed E-state index contributed by atoms with van der Waals surface area (Å²) in [6.07, 6.45) is 1.53. The molecule has 1 aliphatic rings. The molecule has 0 saturated carbocycles. The number of halogens is 1. The van der Waals surface area contributed by atoms with Crippen molar-refractivity contribution in [2.45, 2.75) is 12.8 Å². The Balaban J connectivity index is 1.98. The van der Waals surface area contributed by atoms with Crippen LogP contribution in [0, 0.1) is 17.1 Å². The number of likely N-dealkylation sites (N-methyl/N-ethyl adjacent to an activating group) is 1. The van der Waals surface area contributed by atoms with Gasteiger partial charge in [-0.2, -0.15) is 5.26 Å². The smallest absolute Gasteiger partial charge is 0.222 e. The van der Waals surface area contributed by atoms with Gasteiger partial charge in [0.15, 0.2) is 0 Å². The molecule has 5 heteroatoms. The van der Waals surface area contributed by atoms with Crippen LogP contribution in [0.3, 0.4) is 0 Å². The van der Waals surface area contributed by atoms with Crippen LogP contribution in [0.5, 0.6) is 0 Å². The van der Waals surface area contributed by atoms with Crippen molar-refractivity contribution in [1.29, 1.82) is 5.26 Å². The van der Waals surface area contributed by atoms with Crippen LogP contribution in [0.1, 0.15) is 18.4 Å². The zero-order chi connectivity index (χ0) is 13.8. The molecule has 1 fully saturated rings. The monoisotopic (exact) mass is 261 g/mol. The molecule has 1 aliphatic heterocycles. The van der Waals surface area contributed by atoms with Gasteiger partial charge in [-0.25, -0.2) is 4.39 Å². The largest absolute Gasteiger partial charge is 0.370 e. The lowest BCUT2D eigenvalue weighted by Gasteiger charge is -2.23. The van der Waals surface area contributed by atoms with Crippen molar-refractivity contribution in [3.8, 4) is 6.07 Å².